The van der Waals surface area contributed by atoms with E-state index in [1.54, 1.807) is 4.90 Å². The van der Waals surface area contributed by atoms with E-state index in [9.17, 15) is 9.59 Å². The maximum Gasteiger partial charge on any atom is 0.233 e. The molecule has 138 valence electrons. The Kier molecular flexibility index (Phi) is 6.26. The van der Waals surface area contributed by atoms with Gasteiger partial charge in [0, 0.05) is 19.0 Å². The first-order valence-electron chi connectivity index (χ1n) is 8.72. The van der Waals surface area contributed by atoms with Crippen LogP contribution in [0.5, 0.6) is 0 Å². The quantitative estimate of drug-likeness (QED) is 0.553. The lowest BCUT2D eigenvalue weighted by Crippen LogP contribution is -2.32. The molecule has 0 saturated heterocycles. The van der Waals surface area contributed by atoms with Crippen molar-refractivity contribution in [1.29, 1.82) is 0 Å². The molecule has 1 heterocycles. The minimum Gasteiger partial charge on any atom is -0.351 e. The molecule has 0 bridgehead atoms. The van der Waals surface area contributed by atoms with Gasteiger partial charge in [-0.1, -0.05) is 60.4 Å². The van der Waals surface area contributed by atoms with Crippen LogP contribution in [0.25, 0.3) is 0 Å². The van der Waals surface area contributed by atoms with Gasteiger partial charge in [-0.05, 0) is 25.3 Å². The van der Waals surface area contributed by atoms with Gasteiger partial charge in [0.15, 0.2) is 4.34 Å². The average Bonchev–Trinajstić information content (AvgIpc) is 3.39. The first-order valence-corrected chi connectivity index (χ1v) is 10.4. The number of hydrogen-bond donors (Lipinski definition) is 1. The molecule has 0 aliphatic heterocycles. The van der Waals surface area contributed by atoms with Crippen molar-refractivity contribution in [2.45, 2.75) is 55.3 Å². The number of anilines is 1. The maximum atomic E-state index is 12.3. The van der Waals surface area contributed by atoms with Gasteiger partial charge in [0.2, 0.25) is 16.9 Å². The number of thioether (sulfide) groups is 1. The van der Waals surface area contributed by atoms with Crippen LogP contribution < -0.4 is 10.2 Å². The molecule has 1 unspecified atom stereocenters. The number of benzene rings is 1. The van der Waals surface area contributed by atoms with E-state index in [0.717, 1.165) is 18.4 Å². The fourth-order valence-corrected chi connectivity index (χ4v) is 4.55. The summed E-state index contributed by atoms with van der Waals surface area (Å²) in [4.78, 5) is 26.2. The molecule has 0 spiro atoms. The second-order valence-electron chi connectivity index (χ2n) is 6.16. The zero-order chi connectivity index (χ0) is 18.5. The Balaban J connectivity index is 1.56. The average molecular weight is 391 g/mol. The monoisotopic (exact) mass is 390 g/mol. The van der Waals surface area contributed by atoms with Crippen LogP contribution in [0.15, 0.2) is 34.7 Å². The van der Waals surface area contributed by atoms with Crippen molar-refractivity contribution in [3.63, 3.8) is 0 Å². The molecule has 1 aromatic carbocycles. The van der Waals surface area contributed by atoms with Crippen LogP contribution in [-0.4, -0.2) is 33.3 Å². The molecular formula is C18H22N4O2S2. The van der Waals surface area contributed by atoms with Crippen molar-refractivity contribution < 1.29 is 9.59 Å². The number of nitrogens with one attached hydrogen (secondary N) is 1. The van der Waals surface area contributed by atoms with Crippen LogP contribution in [0.4, 0.5) is 5.13 Å². The third-order valence-electron chi connectivity index (χ3n) is 4.04. The minimum absolute atomic E-state index is 0.0423. The van der Waals surface area contributed by atoms with E-state index >= 15 is 0 Å². The Hall–Kier alpha value is -1.93. The Labute approximate surface area is 161 Å². The van der Waals surface area contributed by atoms with Gasteiger partial charge in [-0.2, -0.15) is 0 Å². The van der Waals surface area contributed by atoms with Crippen LogP contribution in [-0.2, 0) is 16.1 Å². The zero-order valence-electron chi connectivity index (χ0n) is 14.8. The normalized spacial score (nSPS) is 14.7. The van der Waals surface area contributed by atoms with Gasteiger partial charge in [0.1, 0.15) is 0 Å². The van der Waals surface area contributed by atoms with Gasteiger partial charge in [0.25, 0.3) is 0 Å². The first-order chi connectivity index (χ1) is 12.6. The molecule has 1 aromatic heterocycles. The van der Waals surface area contributed by atoms with Crippen LogP contribution >= 0.6 is 23.1 Å². The third-order valence-corrected chi connectivity index (χ3v) is 6.15. The predicted molar refractivity (Wildman–Crippen MR) is 104 cm³/mol. The molecular weight excluding hydrogens is 368 g/mol. The van der Waals surface area contributed by atoms with E-state index in [1.165, 1.54) is 23.1 Å². The summed E-state index contributed by atoms with van der Waals surface area (Å²) in [5.41, 5.74) is 1.06. The van der Waals surface area contributed by atoms with E-state index in [1.807, 2.05) is 44.2 Å². The molecule has 1 saturated carbocycles. The highest BCUT2D eigenvalue weighted by atomic mass is 32.2. The molecule has 1 N–H and O–H groups in total. The Morgan fingerprint density at radius 1 is 1.31 bits per heavy atom. The standard InChI is InChI=1S/C18H22N4O2S2/c1-3-15(23)22(14-9-10-14)17-20-21-18(26-17)25-12(2)16(24)19-11-13-7-5-4-6-8-13/h4-8,12,14H,3,9-11H2,1-2H3,(H,19,24). The van der Waals surface area contributed by atoms with Crippen molar-refractivity contribution in [1.82, 2.24) is 15.5 Å². The van der Waals surface area contributed by atoms with Gasteiger partial charge in [-0.25, -0.2) is 0 Å². The summed E-state index contributed by atoms with van der Waals surface area (Å²) >= 11 is 2.75. The summed E-state index contributed by atoms with van der Waals surface area (Å²) in [7, 11) is 0. The van der Waals surface area contributed by atoms with E-state index in [0.29, 0.717) is 22.4 Å². The van der Waals surface area contributed by atoms with Crippen LogP contribution in [0.3, 0.4) is 0 Å². The SMILES string of the molecule is CCC(=O)N(c1nnc(SC(C)C(=O)NCc2ccccc2)s1)C1CC1. The van der Waals surface area contributed by atoms with Crippen molar-refractivity contribution in [2.75, 3.05) is 4.90 Å². The van der Waals surface area contributed by atoms with Gasteiger partial charge in [0.05, 0.1) is 5.25 Å². The smallest absolute Gasteiger partial charge is 0.233 e. The highest BCUT2D eigenvalue weighted by molar-refractivity contribution is 8.02. The summed E-state index contributed by atoms with van der Waals surface area (Å²) in [5.74, 6) is 0.0353. The van der Waals surface area contributed by atoms with E-state index in [-0.39, 0.29) is 23.1 Å². The third kappa shape index (κ3) is 4.82. The Morgan fingerprint density at radius 2 is 2.04 bits per heavy atom. The lowest BCUT2D eigenvalue weighted by atomic mass is 10.2. The molecule has 2 aromatic rings. The molecule has 2 amide bonds. The molecule has 1 atom stereocenters. The van der Waals surface area contributed by atoms with Gasteiger partial charge < -0.3 is 5.32 Å². The van der Waals surface area contributed by atoms with E-state index < -0.39 is 0 Å². The summed E-state index contributed by atoms with van der Waals surface area (Å²) in [5, 5.41) is 11.6. The summed E-state index contributed by atoms with van der Waals surface area (Å²) < 4.78 is 0.705. The second-order valence-corrected chi connectivity index (χ2v) is 8.71. The fraction of sp³-hybridized carbons (Fsp3) is 0.444. The van der Waals surface area contributed by atoms with Crippen LogP contribution in [0.2, 0.25) is 0 Å². The summed E-state index contributed by atoms with van der Waals surface area (Å²) in [6.45, 7) is 4.21. The van der Waals surface area contributed by atoms with Crippen molar-refractivity contribution in [3.8, 4) is 0 Å². The van der Waals surface area contributed by atoms with Crippen LogP contribution in [0.1, 0.15) is 38.7 Å². The molecule has 8 heteroatoms. The molecule has 26 heavy (non-hydrogen) atoms. The highest BCUT2D eigenvalue weighted by Crippen LogP contribution is 2.37. The number of carbonyl (C=O) groups is 2. The molecule has 1 aliphatic rings. The zero-order valence-corrected chi connectivity index (χ0v) is 16.5. The molecule has 1 aliphatic carbocycles. The minimum atomic E-state index is -0.282. The lowest BCUT2D eigenvalue weighted by Gasteiger charge is -2.17. The van der Waals surface area contributed by atoms with E-state index in [2.05, 4.69) is 15.5 Å². The van der Waals surface area contributed by atoms with Crippen molar-refractivity contribution in [3.05, 3.63) is 35.9 Å². The summed E-state index contributed by atoms with van der Waals surface area (Å²) in [6, 6.07) is 10.1. The van der Waals surface area contributed by atoms with Gasteiger partial charge in [-0.3, -0.25) is 14.5 Å². The van der Waals surface area contributed by atoms with Crippen LogP contribution in [0, 0.1) is 0 Å². The largest absolute Gasteiger partial charge is 0.351 e. The highest BCUT2D eigenvalue weighted by Gasteiger charge is 2.35. The van der Waals surface area contributed by atoms with E-state index in [4.69, 9.17) is 0 Å². The molecule has 6 nitrogen and oxygen atoms in total. The molecule has 3 rings (SSSR count). The topological polar surface area (TPSA) is 75.2 Å². The molecule has 0 radical (unpaired) electrons. The summed E-state index contributed by atoms with van der Waals surface area (Å²) in [6.07, 6.45) is 2.50. The molecule has 1 fully saturated rings. The first kappa shape index (κ1) is 18.8. The number of hydrogen-bond acceptors (Lipinski definition) is 6. The second kappa shape index (κ2) is 8.64. The Morgan fingerprint density at radius 3 is 2.69 bits per heavy atom. The number of rotatable bonds is 8. The fourth-order valence-electron chi connectivity index (χ4n) is 2.45. The van der Waals surface area contributed by atoms with Gasteiger partial charge >= 0.3 is 0 Å². The number of aromatic nitrogens is 2. The number of nitrogens with zero attached hydrogens (tertiary/aromatic N) is 3. The number of amides is 2. The maximum absolute atomic E-state index is 12.3. The van der Waals surface area contributed by atoms with Crippen molar-refractivity contribution >= 4 is 40.0 Å². The van der Waals surface area contributed by atoms with Gasteiger partial charge in [-0.15, -0.1) is 10.2 Å². The Bertz CT molecular complexity index is 762. The van der Waals surface area contributed by atoms with Crippen molar-refractivity contribution in [2.24, 2.45) is 0 Å². The lowest BCUT2D eigenvalue weighted by molar-refractivity contribution is -0.120. The number of carbonyl (C=O) groups excluding carboxylic acids is 2. The predicted octanol–water partition coefficient (Wildman–Crippen LogP) is 3.24.